The van der Waals surface area contributed by atoms with Gasteiger partial charge in [-0.2, -0.15) is 0 Å². The molecular weight excluding hydrogens is 359 g/mol. The number of ether oxygens (including phenoxy) is 1. The third-order valence-electron chi connectivity index (χ3n) is 5.57. The van der Waals surface area contributed by atoms with Gasteiger partial charge in [0.1, 0.15) is 17.7 Å². The van der Waals surface area contributed by atoms with Crippen molar-refractivity contribution in [1.29, 1.82) is 0 Å². The zero-order chi connectivity index (χ0) is 19.7. The molecule has 2 fully saturated rings. The fraction of sp³-hybridized carbons (Fsp3) is 0.524. The largest absolute Gasteiger partial charge is 0.367 e. The highest BCUT2D eigenvalue weighted by Gasteiger charge is 2.41. The lowest BCUT2D eigenvalue weighted by atomic mass is 9.91. The number of carbonyl (C=O) groups excluding carboxylic acids is 1. The van der Waals surface area contributed by atoms with Crippen LogP contribution in [-0.2, 0) is 16.0 Å². The highest BCUT2D eigenvalue weighted by molar-refractivity contribution is 5.78. The lowest BCUT2D eigenvalue weighted by Crippen LogP contribution is -2.45. The number of pyridine rings is 1. The summed E-state index contributed by atoms with van der Waals surface area (Å²) in [7, 11) is 0. The number of halogens is 1. The molecule has 2 aromatic heterocycles. The van der Waals surface area contributed by atoms with Crippen LogP contribution in [0.15, 0.2) is 30.6 Å². The first kappa shape index (κ1) is 18.9. The molecule has 0 unspecified atom stereocenters. The van der Waals surface area contributed by atoms with Crippen LogP contribution >= 0.6 is 0 Å². The molecule has 4 heterocycles. The molecule has 0 aromatic carbocycles. The summed E-state index contributed by atoms with van der Waals surface area (Å²) in [5.74, 6) is 1.16. The van der Waals surface area contributed by atoms with Crippen molar-refractivity contribution in [2.24, 2.45) is 5.92 Å². The van der Waals surface area contributed by atoms with E-state index >= 15 is 0 Å². The van der Waals surface area contributed by atoms with Crippen molar-refractivity contribution in [1.82, 2.24) is 19.9 Å². The van der Waals surface area contributed by atoms with Crippen LogP contribution in [0.3, 0.4) is 0 Å². The summed E-state index contributed by atoms with van der Waals surface area (Å²) in [6.07, 6.45) is 4.98. The van der Waals surface area contributed by atoms with Gasteiger partial charge in [-0.1, -0.05) is 13.8 Å². The van der Waals surface area contributed by atoms with Gasteiger partial charge in [0.05, 0.1) is 24.4 Å². The van der Waals surface area contributed by atoms with Gasteiger partial charge >= 0.3 is 0 Å². The van der Waals surface area contributed by atoms with Gasteiger partial charge in [0.15, 0.2) is 0 Å². The van der Waals surface area contributed by atoms with Gasteiger partial charge in [0.25, 0.3) is 0 Å². The number of rotatable bonds is 4. The minimum Gasteiger partial charge on any atom is -0.367 e. The lowest BCUT2D eigenvalue weighted by Gasteiger charge is -2.34. The minimum absolute atomic E-state index is 0.00809. The number of hydrogen-bond acceptors (Lipinski definition) is 5. The van der Waals surface area contributed by atoms with E-state index in [1.165, 1.54) is 6.07 Å². The second-order valence-electron chi connectivity index (χ2n) is 7.93. The van der Waals surface area contributed by atoms with Crippen LogP contribution < -0.4 is 0 Å². The number of carbonyl (C=O) groups is 1. The smallest absolute Gasteiger partial charge is 0.228 e. The minimum atomic E-state index is -0.396. The third kappa shape index (κ3) is 4.04. The fourth-order valence-electron chi connectivity index (χ4n) is 3.97. The van der Waals surface area contributed by atoms with Gasteiger partial charge < -0.3 is 9.64 Å². The normalized spacial score (nSPS) is 24.4. The molecule has 28 heavy (non-hydrogen) atoms. The Hall–Kier alpha value is -2.41. The Morgan fingerprint density at radius 1 is 1.32 bits per heavy atom. The number of fused-ring (bicyclic) bond motifs is 1. The summed E-state index contributed by atoms with van der Waals surface area (Å²) >= 11 is 0. The summed E-state index contributed by atoms with van der Waals surface area (Å²) in [4.78, 5) is 27.5. The topological polar surface area (TPSA) is 68.2 Å². The maximum absolute atomic E-state index is 13.0. The Balaban J connectivity index is 1.38. The van der Waals surface area contributed by atoms with E-state index < -0.39 is 5.82 Å². The van der Waals surface area contributed by atoms with E-state index in [9.17, 15) is 9.18 Å². The predicted molar refractivity (Wildman–Crippen MR) is 101 cm³/mol. The quantitative estimate of drug-likeness (QED) is 0.810. The summed E-state index contributed by atoms with van der Waals surface area (Å²) in [5.41, 5.74) is 1.52. The standard InChI is InChI=1S/C21H25FN4O2/c1-13(2)21-23-7-5-17(25-21)18-9-14-6-8-26(12-19(14)28-18)20(27)10-16-4-3-15(22)11-24-16/h3-5,7,11,13-14,18-19H,6,8-10,12H2,1-2H3/t14-,18+,19+/m0/s1. The molecule has 0 aliphatic carbocycles. The van der Waals surface area contributed by atoms with E-state index in [0.29, 0.717) is 18.2 Å². The highest BCUT2D eigenvalue weighted by atomic mass is 19.1. The van der Waals surface area contributed by atoms with E-state index in [1.807, 2.05) is 11.0 Å². The van der Waals surface area contributed by atoms with Gasteiger partial charge in [-0.15, -0.1) is 0 Å². The SMILES string of the molecule is CC(C)c1nccc([C@H]2C[C@@H]3CCN(C(=O)Cc4ccc(F)cn4)C[C@H]3O2)n1. The fourth-order valence-corrected chi connectivity index (χ4v) is 3.97. The molecule has 0 N–H and O–H groups in total. The van der Waals surface area contributed by atoms with Crippen molar-refractivity contribution in [3.63, 3.8) is 0 Å². The molecule has 4 rings (SSSR count). The molecule has 2 aliphatic rings. The molecule has 2 saturated heterocycles. The number of piperidine rings is 1. The molecule has 6 nitrogen and oxygen atoms in total. The maximum Gasteiger partial charge on any atom is 0.228 e. The molecular formula is C21H25FN4O2. The first-order valence-electron chi connectivity index (χ1n) is 9.86. The van der Waals surface area contributed by atoms with Crippen molar-refractivity contribution in [3.8, 4) is 0 Å². The van der Waals surface area contributed by atoms with E-state index in [-0.39, 0.29) is 30.5 Å². The van der Waals surface area contributed by atoms with Crippen molar-refractivity contribution in [2.45, 2.75) is 51.2 Å². The Morgan fingerprint density at radius 3 is 2.93 bits per heavy atom. The molecule has 0 saturated carbocycles. The van der Waals surface area contributed by atoms with Crippen molar-refractivity contribution < 1.29 is 13.9 Å². The molecule has 0 bridgehead atoms. The summed E-state index contributed by atoms with van der Waals surface area (Å²) in [6.45, 7) is 5.46. The van der Waals surface area contributed by atoms with Crippen LogP contribution in [0.2, 0.25) is 0 Å². The van der Waals surface area contributed by atoms with Gasteiger partial charge in [-0.05, 0) is 37.0 Å². The van der Waals surface area contributed by atoms with E-state index in [2.05, 4.69) is 28.8 Å². The van der Waals surface area contributed by atoms with Crippen LogP contribution in [0.25, 0.3) is 0 Å². The Labute approximate surface area is 164 Å². The third-order valence-corrected chi connectivity index (χ3v) is 5.57. The van der Waals surface area contributed by atoms with Crippen molar-refractivity contribution in [2.75, 3.05) is 13.1 Å². The summed E-state index contributed by atoms with van der Waals surface area (Å²) in [5, 5.41) is 0. The first-order valence-corrected chi connectivity index (χ1v) is 9.86. The number of likely N-dealkylation sites (tertiary alicyclic amines) is 1. The van der Waals surface area contributed by atoms with E-state index in [4.69, 9.17) is 4.74 Å². The molecule has 0 radical (unpaired) electrons. The predicted octanol–water partition coefficient (Wildman–Crippen LogP) is 3.06. The van der Waals surface area contributed by atoms with Gasteiger partial charge in [0, 0.05) is 30.9 Å². The summed E-state index contributed by atoms with van der Waals surface area (Å²) in [6, 6.07) is 4.82. The molecule has 0 spiro atoms. The first-order chi connectivity index (χ1) is 13.5. The monoisotopic (exact) mass is 384 g/mol. The number of hydrogen-bond donors (Lipinski definition) is 0. The van der Waals surface area contributed by atoms with Crippen LogP contribution in [-0.4, -0.2) is 45.0 Å². The second-order valence-corrected chi connectivity index (χ2v) is 7.93. The Morgan fingerprint density at radius 2 is 2.18 bits per heavy atom. The van der Waals surface area contributed by atoms with Crippen LogP contribution in [0.4, 0.5) is 4.39 Å². The van der Waals surface area contributed by atoms with Crippen LogP contribution in [0, 0.1) is 11.7 Å². The zero-order valence-electron chi connectivity index (χ0n) is 16.2. The molecule has 2 aromatic rings. The summed E-state index contributed by atoms with van der Waals surface area (Å²) < 4.78 is 19.3. The van der Waals surface area contributed by atoms with Crippen molar-refractivity contribution in [3.05, 3.63) is 53.6 Å². The molecule has 1 amide bonds. The zero-order valence-corrected chi connectivity index (χ0v) is 16.2. The van der Waals surface area contributed by atoms with E-state index in [0.717, 1.165) is 37.1 Å². The van der Waals surface area contributed by atoms with Crippen molar-refractivity contribution >= 4 is 5.91 Å². The highest BCUT2D eigenvalue weighted by Crippen LogP contribution is 2.40. The van der Waals surface area contributed by atoms with Crippen LogP contribution in [0.5, 0.6) is 0 Å². The lowest BCUT2D eigenvalue weighted by molar-refractivity contribution is -0.135. The average molecular weight is 384 g/mol. The van der Waals surface area contributed by atoms with Gasteiger partial charge in [-0.25, -0.2) is 14.4 Å². The Kier molecular flexibility index (Phi) is 5.35. The molecule has 148 valence electrons. The second kappa shape index (κ2) is 7.91. The Bertz CT molecular complexity index is 843. The van der Waals surface area contributed by atoms with Gasteiger partial charge in [0.2, 0.25) is 5.91 Å². The van der Waals surface area contributed by atoms with E-state index in [1.54, 1.807) is 12.3 Å². The number of amides is 1. The van der Waals surface area contributed by atoms with Gasteiger partial charge in [-0.3, -0.25) is 9.78 Å². The average Bonchev–Trinajstić information content (AvgIpc) is 3.13. The molecule has 2 aliphatic heterocycles. The molecule has 7 heteroatoms. The molecule has 3 atom stereocenters. The number of aromatic nitrogens is 3. The maximum atomic E-state index is 13.0. The van der Waals surface area contributed by atoms with Crippen LogP contribution in [0.1, 0.15) is 55.9 Å². The number of nitrogens with zero attached hydrogens (tertiary/aromatic N) is 4.